The van der Waals surface area contributed by atoms with Gasteiger partial charge in [0.05, 0.1) is 16.2 Å². The standard InChI is InChI=1S/C19H16ClN5O3/c20-14-4-3-13(17(8-14)25(27)28)10-24-7-5-16-15(11-24)19(26)23-18(22-16)12-2-1-6-21-9-12/h1-4,6,8-9H,5,7,10-11H2,(H,22,23,26). The van der Waals surface area contributed by atoms with E-state index >= 15 is 0 Å². The summed E-state index contributed by atoms with van der Waals surface area (Å²) in [6, 6.07) is 8.27. The maximum absolute atomic E-state index is 12.6. The molecule has 28 heavy (non-hydrogen) atoms. The predicted octanol–water partition coefficient (Wildman–Crippen LogP) is 2.95. The van der Waals surface area contributed by atoms with Crippen LogP contribution in [0.2, 0.25) is 5.02 Å². The summed E-state index contributed by atoms with van der Waals surface area (Å²) >= 11 is 5.88. The molecule has 0 radical (unpaired) electrons. The lowest BCUT2D eigenvalue weighted by molar-refractivity contribution is -0.385. The molecule has 142 valence electrons. The molecule has 0 bridgehead atoms. The fourth-order valence-electron chi connectivity index (χ4n) is 3.34. The molecule has 9 heteroatoms. The highest BCUT2D eigenvalue weighted by atomic mass is 35.5. The zero-order valence-corrected chi connectivity index (χ0v) is 15.5. The van der Waals surface area contributed by atoms with Gasteiger partial charge >= 0.3 is 0 Å². The monoisotopic (exact) mass is 397 g/mol. The van der Waals surface area contributed by atoms with Gasteiger partial charge < -0.3 is 4.98 Å². The largest absolute Gasteiger partial charge is 0.306 e. The summed E-state index contributed by atoms with van der Waals surface area (Å²) in [6.45, 7) is 1.39. The average molecular weight is 398 g/mol. The third-order valence-electron chi connectivity index (χ3n) is 4.72. The number of H-pyrrole nitrogens is 1. The Morgan fingerprint density at radius 3 is 2.93 bits per heavy atom. The van der Waals surface area contributed by atoms with Gasteiger partial charge in [-0.3, -0.25) is 24.8 Å². The number of nitrogens with one attached hydrogen (secondary N) is 1. The van der Waals surface area contributed by atoms with Crippen LogP contribution in [-0.2, 0) is 19.5 Å². The summed E-state index contributed by atoms with van der Waals surface area (Å²) in [5.41, 5.74) is 2.45. The molecular formula is C19H16ClN5O3. The maximum atomic E-state index is 12.6. The molecule has 1 aliphatic heterocycles. The minimum Gasteiger partial charge on any atom is -0.306 e. The molecule has 0 unspecified atom stereocenters. The van der Waals surface area contributed by atoms with E-state index in [1.54, 1.807) is 30.6 Å². The van der Waals surface area contributed by atoms with Crippen molar-refractivity contribution in [2.24, 2.45) is 0 Å². The lowest BCUT2D eigenvalue weighted by Crippen LogP contribution is -2.35. The number of benzene rings is 1. The van der Waals surface area contributed by atoms with E-state index in [9.17, 15) is 14.9 Å². The molecule has 3 aromatic rings. The second-order valence-electron chi connectivity index (χ2n) is 6.57. The third kappa shape index (κ3) is 3.64. The lowest BCUT2D eigenvalue weighted by atomic mass is 10.0. The van der Waals surface area contributed by atoms with Gasteiger partial charge in [-0.1, -0.05) is 11.6 Å². The Labute approximate surface area is 165 Å². The summed E-state index contributed by atoms with van der Waals surface area (Å²) in [5.74, 6) is 0.499. The van der Waals surface area contributed by atoms with E-state index in [0.717, 1.165) is 11.3 Å². The number of nitro benzene ring substituents is 1. The van der Waals surface area contributed by atoms with Crippen molar-refractivity contribution in [1.29, 1.82) is 0 Å². The highest BCUT2D eigenvalue weighted by molar-refractivity contribution is 6.30. The van der Waals surface area contributed by atoms with E-state index in [1.165, 1.54) is 6.07 Å². The predicted molar refractivity (Wildman–Crippen MR) is 104 cm³/mol. The topological polar surface area (TPSA) is 105 Å². The summed E-state index contributed by atoms with van der Waals surface area (Å²) in [4.78, 5) is 36.9. The van der Waals surface area contributed by atoms with Crippen molar-refractivity contribution >= 4 is 17.3 Å². The zero-order valence-electron chi connectivity index (χ0n) is 14.8. The highest BCUT2D eigenvalue weighted by Crippen LogP contribution is 2.26. The van der Waals surface area contributed by atoms with E-state index in [0.29, 0.717) is 48.0 Å². The van der Waals surface area contributed by atoms with Gasteiger partial charge in [0, 0.05) is 60.7 Å². The number of halogens is 1. The fraction of sp³-hybridized carbons (Fsp3) is 0.211. The Balaban J connectivity index is 1.59. The smallest absolute Gasteiger partial charge is 0.275 e. The first-order valence-corrected chi connectivity index (χ1v) is 9.06. The second-order valence-corrected chi connectivity index (χ2v) is 7.01. The van der Waals surface area contributed by atoms with Gasteiger partial charge in [0.15, 0.2) is 0 Å². The molecule has 0 saturated carbocycles. The Bertz CT molecular complexity index is 1100. The van der Waals surface area contributed by atoms with E-state index < -0.39 is 4.92 Å². The number of nitrogens with zero attached hydrogens (tertiary/aromatic N) is 4. The minimum absolute atomic E-state index is 0.0164. The Morgan fingerprint density at radius 1 is 1.32 bits per heavy atom. The molecule has 0 aliphatic carbocycles. The minimum atomic E-state index is -0.437. The summed E-state index contributed by atoms with van der Waals surface area (Å²) in [6.07, 6.45) is 3.90. The van der Waals surface area contributed by atoms with Gasteiger partial charge in [0.25, 0.3) is 11.2 Å². The van der Waals surface area contributed by atoms with Crippen molar-refractivity contribution in [2.75, 3.05) is 6.54 Å². The number of fused-ring (bicyclic) bond motifs is 1. The van der Waals surface area contributed by atoms with E-state index in [-0.39, 0.29) is 11.2 Å². The number of aromatic amines is 1. The van der Waals surface area contributed by atoms with Crippen LogP contribution in [0.15, 0.2) is 47.5 Å². The molecule has 1 N–H and O–H groups in total. The molecule has 1 aliphatic rings. The molecular weight excluding hydrogens is 382 g/mol. The Kier molecular flexibility index (Phi) is 4.89. The molecule has 3 heterocycles. The maximum Gasteiger partial charge on any atom is 0.275 e. The van der Waals surface area contributed by atoms with E-state index in [4.69, 9.17) is 11.6 Å². The molecule has 0 spiro atoms. The first-order chi connectivity index (χ1) is 13.5. The van der Waals surface area contributed by atoms with Crippen LogP contribution >= 0.6 is 11.6 Å². The van der Waals surface area contributed by atoms with Crippen molar-refractivity contribution < 1.29 is 4.92 Å². The second kappa shape index (κ2) is 7.49. The number of nitro groups is 1. The number of aromatic nitrogens is 3. The van der Waals surface area contributed by atoms with Gasteiger partial charge in [-0.15, -0.1) is 0 Å². The summed E-state index contributed by atoms with van der Waals surface area (Å²) in [5, 5.41) is 11.6. The van der Waals surface area contributed by atoms with Gasteiger partial charge in [0.2, 0.25) is 0 Å². The zero-order chi connectivity index (χ0) is 19.7. The molecule has 0 atom stereocenters. The first-order valence-electron chi connectivity index (χ1n) is 8.69. The van der Waals surface area contributed by atoms with Crippen molar-refractivity contribution in [3.63, 3.8) is 0 Å². The molecule has 0 fully saturated rings. The van der Waals surface area contributed by atoms with Crippen LogP contribution in [0.4, 0.5) is 5.69 Å². The molecule has 8 nitrogen and oxygen atoms in total. The summed E-state index contributed by atoms with van der Waals surface area (Å²) < 4.78 is 0. The van der Waals surface area contributed by atoms with E-state index in [2.05, 4.69) is 15.0 Å². The molecule has 0 amide bonds. The van der Waals surface area contributed by atoms with Crippen molar-refractivity contribution in [2.45, 2.75) is 19.5 Å². The van der Waals surface area contributed by atoms with Crippen LogP contribution < -0.4 is 5.56 Å². The van der Waals surface area contributed by atoms with Gasteiger partial charge in [-0.05, 0) is 24.3 Å². The van der Waals surface area contributed by atoms with Crippen molar-refractivity contribution in [1.82, 2.24) is 19.9 Å². The van der Waals surface area contributed by atoms with Crippen LogP contribution in [0.25, 0.3) is 11.4 Å². The van der Waals surface area contributed by atoms with Crippen LogP contribution in [0.5, 0.6) is 0 Å². The van der Waals surface area contributed by atoms with E-state index in [1.807, 2.05) is 11.0 Å². The summed E-state index contributed by atoms with van der Waals surface area (Å²) in [7, 11) is 0. The third-order valence-corrected chi connectivity index (χ3v) is 4.96. The van der Waals surface area contributed by atoms with Crippen LogP contribution in [0, 0.1) is 10.1 Å². The Hall–Kier alpha value is -3.10. The quantitative estimate of drug-likeness (QED) is 0.536. The molecule has 1 aromatic carbocycles. The van der Waals surface area contributed by atoms with Gasteiger partial charge in [0.1, 0.15) is 5.82 Å². The average Bonchev–Trinajstić information content (AvgIpc) is 2.70. The molecule has 2 aromatic heterocycles. The SMILES string of the molecule is O=c1[nH]c(-c2cccnc2)nc2c1CN(Cc1ccc(Cl)cc1[N+](=O)[O-])CC2. The van der Waals surface area contributed by atoms with Crippen molar-refractivity contribution in [3.8, 4) is 11.4 Å². The van der Waals surface area contributed by atoms with Gasteiger partial charge in [-0.2, -0.15) is 0 Å². The van der Waals surface area contributed by atoms with Crippen LogP contribution in [0.3, 0.4) is 0 Å². The molecule has 0 saturated heterocycles. The van der Waals surface area contributed by atoms with Crippen molar-refractivity contribution in [3.05, 3.63) is 85.0 Å². The van der Waals surface area contributed by atoms with Crippen LogP contribution in [0.1, 0.15) is 16.8 Å². The highest BCUT2D eigenvalue weighted by Gasteiger charge is 2.24. The lowest BCUT2D eigenvalue weighted by Gasteiger charge is -2.27. The van der Waals surface area contributed by atoms with Gasteiger partial charge in [-0.25, -0.2) is 4.98 Å². The number of pyridine rings is 1. The molecule has 4 rings (SSSR count). The number of hydrogen-bond acceptors (Lipinski definition) is 6. The van der Waals surface area contributed by atoms with Crippen LogP contribution in [-0.4, -0.2) is 31.3 Å². The number of rotatable bonds is 4. The first kappa shape index (κ1) is 18.3. The normalized spacial score (nSPS) is 13.9. The Morgan fingerprint density at radius 2 is 2.18 bits per heavy atom. The number of hydrogen-bond donors (Lipinski definition) is 1. The fourth-order valence-corrected chi connectivity index (χ4v) is 3.50.